The molecular weight excluding hydrogens is 158 g/mol. The summed E-state index contributed by atoms with van der Waals surface area (Å²) in [7, 11) is 2.23. The minimum absolute atomic E-state index is 0.888. The Bertz CT molecular complexity index is 142. The molecule has 1 fully saturated rings. The predicted molar refractivity (Wildman–Crippen MR) is 58.9 cm³/mol. The molecular formula is C12H25N. The zero-order chi connectivity index (χ0) is 9.84. The lowest BCUT2D eigenvalue weighted by molar-refractivity contribution is 0.417. The monoisotopic (exact) mass is 183 g/mol. The number of hydrogen-bond donors (Lipinski definition) is 0. The van der Waals surface area contributed by atoms with Crippen molar-refractivity contribution in [2.24, 2.45) is 11.8 Å². The number of likely N-dealkylation sites (N-methyl/N-ethyl adjacent to an activating group) is 1. The summed E-state index contributed by atoms with van der Waals surface area (Å²) >= 11 is 0. The van der Waals surface area contributed by atoms with Gasteiger partial charge in [-0.25, -0.2) is 0 Å². The lowest BCUT2D eigenvalue weighted by atomic mass is 9.98. The Morgan fingerprint density at radius 2 is 1.69 bits per heavy atom. The quantitative estimate of drug-likeness (QED) is 0.451. The van der Waals surface area contributed by atoms with E-state index in [1.54, 1.807) is 0 Å². The molecule has 1 heterocycles. The maximum Gasteiger partial charge on any atom is 0.0246 e. The highest BCUT2D eigenvalue weighted by Crippen LogP contribution is 2.26. The van der Waals surface area contributed by atoms with Crippen molar-refractivity contribution in [1.29, 1.82) is 0 Å². The van der Waals surface area contributed by atoms with Gasteiger partial charge in [0.15, 0.2) is 0 Å². The first-order valence-electron chi connectivity index (χ1n) is 5.81. The zero-order valence-corrected chi connectivity index (χ0v) is 9.71. The third kappa shape index (κ3) is 4.12. The lowest BCUT2D eigenvalue weighted by Crippen LogP contribution is -2.07. The molecule has 1 saturated heterocycles. The average molecular weight is 183 g/mol. The fourth-order valence-electron chi connectivity index (χ4n) is 2.07. The minimum atomic E-state index is 0.888. The van der Waals surface area contributed by atoms with Crippen molar-refractivity contribution in [2.45, 2.75) is 52.5 Å². The third-order valence-corrected chi connectivity index (χ3v) is 3.26. The van der Waals surface area contributed by atoms with Gasteiger partial charge in [0.2, 0.25) is 0 Å². The van der Waals surface area contributed by atoms with Crippen molar-refractivity contribution in [2.75, 3.05) is 13.6 Å². The Hall–Kier alpha value is -0.0400. The molecule has 1 heteroatoms. The number of nitrogens with zero attached hydrogens (tertiary/aromatic N) is 1. The van der Waals surface area contributed by atoms with Gasteiger partial charge < -0.3 is 4.90 Å². The van der Waals surface area contributed by atoms with Gasteiger partial charge in [-0.15, -0.1) is 0 Å². The topological polar surface area (TPSA) is 3.01 Å². The molecule has 13 heavy (non-hydrogen) atoms. The van der Waals surface area contributed by atoms with Crippen molar-refractivity contribution >= 4 is 0 Å². The second-order valence-corrected chi connectivity index (χ2v) is 5.16. The first-order valence-corrected chi connectivity index (χ1v) is 5.81. The molecule has 0 aromatic heterocycles. The maximum atomic E-state index is 2.45. The van der Waals surface area contributed by atoms with Gasteiger partial charge in [-0.2, -0.15) is 0 Å². The fourth-order valence-corrected chi connectivity index (χ4v) is 2.07. The van der Waals surface area contributed by atoms with Crippen molar-refractivity contribution in [3.05, 3.63) is 0 Å². The highest BCUT2D eigenvalue weighted by atomic mass is 15.3. The normalized spacial score (nSPS) is 29.3. The van der Waals surface area contributed by atoms with Crippen molar-refractivity contribution in [3.8, 4) is 0 Å². The molecule has 0 aliphatic carbocycles. The van der Waals surface area contributed by atoms with Gasteiger partial charge in [0.1, 0.15) is 0 Å². The molecule has 0 aromatic rings. The van der Waals surface area contributed by atoms with E-state index in [-0.39, 0.29) is 0 Å². The van der Waals surface area contributed by atoms with E-state index in [0.29, 0.717) is 0 Å². The lowest BCUT2D eigenvalue weighted by Gasteiger charge is -2.10. The number of unbranched alkanes of at least 4 members (excludes halogenated alkanes) is 1. The van der Waals surface area contributed by atoms with Crippen LogP contribution in [0.5, 0.6) is 0 Å². The molecule has 78 valence electrons. The van der Waals surface area contributed by atoms with Crippen LogP contribution in [0.25, 0.3) is 0 Å². The van der Waals surface area contributed by atoms with Crippen molar-refractivity contribution in [1.82, 2.24) is 4.90 Å². The van der Waals surface area contributed by atoms with Crippen LogP contribution in [0.2, 0.25) is 0 Å². The standard InChI is InChI=1S/C12H25N/c1-10(2)7-5-6-8-11(3)12-9-13(12)4/h10-12H,5-9H2,1-4H3. The molecule has 1 aliphatic rings. The SMILES string of the molecule is CC(C)CCCCC(C)C1CN1C. The fraction of sp³-hybridized carbons (Fsp3) is 1.00. The minimum Gasteiger partial charge on any atom is -0.300 e. The van der Waals surface area contributed by atoms with Crippen LogP contribution < -0.4 is 0 Å². The van der Waals surface area contributed by atoms with Crippen LogP contribution in [0.1, 0.15) is 46.5 Å². The summed E-state index contributed by atoms with van der Waals surface area (Å²) in [5.74, 6) is 1.82. The summed E-state index contributed by atoms with van der Waals surface area (Å²) in [5.41, 5.74) is 0. The van der Waals surface area contributed by atoms with E-state index in [0.717, 1.165) is 17.9 Å². The summed E-state index contributed by atoms with van der Waals surface area (Å²) in [6.45, 7) is 8.38. The van der Waals surface area contributed by atoms with Crippen LogP contribution in [-0.2, 0) is 0 Å². The van der Waals surface area contributed by atoms with E-state index in [9.17, 15) is 0 Å². The number of rotatable bonds is 6. The zero-order valence-electron chi connectivity index (χ0n) is 9.71. The summed E-state index contributed by atoms with van der Waals surface area (Å²) in [4.78, 5) is 2.45. The van der Waals surface area contributed by atoms with Crippen LogP contribution >= 0.6 is 0 Å². The summed E-state index contributed by atoms with van der Waals surface area (Å²) in [6.07, 6.45) is 5.71. The van der Waals surface area contributed by atoms with Crippen molar-refractivity contribution < 1.29 is 0 Å². The van der Waals surface area contributed by atoms with Gasteiger partial charge in [-0.1, -0.05) is 40.0 Å². The smallest absolute Gasteiger partial charge is 0.0246 e. The van der Waals surface area contributed by atoms with Gasteiger partial charge in [0.05, 0.1) is 0 Å². The molecule has 0 spiro atoms. The van der Waals surface area contributed by atoms with Gasteiger partial charge >= 0.3 is 0 Å². The molecule has 0 N–H and O–H groups in total. The maximum absolute atomic E-state index is 2.45. The van der Waals surface area contributed by atoms with Gasteiger partial charge in [-0.05, 0) is 25.3 Å². The second kappa shape index (κ2) is 4.99. The molecule has 1 aliphatic heterocycles. The molecule has 0 aromatic carbocycles. The summed E-state index contributed by atoms with van der Waals surface area (Å²) in [6, 6.07) is 0.916. The Labute approximate surface area is 83.5 Å². The Kier molecular flexibility index (Phi) is 4.24. The number of hydrogen-bond acceptors (Lipinski definition) is 1. The van der Waals surface area contributed by atoms with E-state index < -0.39 is 0 Å². The molecule has 0 radical (unpaired) electrons. The van der Waals surface area contributed by atoms with Crippen LogP contribution in [-0.4, -0.2) is 24.5 Å². The van der Waals surface area contributed by atoms with Crippen LogP contribution in [0.15, 0.2) is 0 Å². The molecule has 3 unspecified atom stereocenters. The predicted octanol–water partition coefficient (Wildman–Crippen LogP) is 3.15. The van der Waals surface area contributed by atoms with E-state index in [2.05, 4.69) is 32.7 Å². The van der Waals surface area contributed by atoms with Gasteiger partial charge in [-0.3, -0.25) is 0 Å². The van der Waals surface area contributed by atoms with Crippen LogP contribution in [0, 0.1) is 11.8 Å². The Morgan fingerprint density at radius 1 is 1.15 bits per heavy atom. The van der Waals surface area contributed by atoms with Crippen LogP contribution in [0.4, 0.5) is 0 Å². The van der Waals surface area contributed by atoms with Crippen LogP contribution in [0.3, 0.4) is 0 Å². The molecule has 0 bridgehead atoms. The molecule has 0 amide bonds. The first kappa shape index (κ1) is 11.0. The first-order chi connectivity index (χ1) is 6.11. The van der Waals surface area contributed by atoms with E-state index in [1.165, 1.54) is 32.2 Å². The average Bonchev–Trinajstić information content (AvgIpc) is 2.75. The highest BCUT2D eigenvalue weighted by Gasteiger charge is 2.33. The van der Waals surface area contributed by atoms with E-state index >= 15 is 0 Å². The Balaban J connectivity index is 1.93. The van der Waals surface area contributed by atoms with Crippen molar-refractivity contribution in [3.63, 3.8) is 0 Å². The molecule has 0 saturated carbocycles. The summed E-state index contributed by atoms with van der Waals surface area (Å²) in [5, 5.41) is 0. The van der Waals surface area contributed by atoms with E-state index in [4.69, 9.17) is 0 Å². The molecule has 1 rings (SSSR count). The Morgan fingerprint density at radius 3 is 2.15 bits per heavy atom. The largest absolute Gasteiger partial charge is 0.300 e. The molecule has 1 nitrogen and oxygen atoms in total. The second-order valence-electron chi connectivity index (χ2n) is 5.16. The summed E-state index contributed by atoms with van der Waals surface area (Å²) < 4.78 is 0. The third-order valence-electron chi connectivity index (χ3n) is 3.26. The molecule has 3 atom stereocenters. The highest BCUT2D eigenvalue weighted by molar-refractivity contribution is 4.89. The van der Waals surface area contributed by atoms with E-state index in [1.807, 2.05) is 0 Å². The van der Waals surface area contributed by atoms with Gasteiger partial charge in [0.25, 0.3) is 0 Å². The van der Waals surface area contributed by atoms with Gasteiger partial charge in [0, 0.05) is 12.6 Å².